The van der Waals surface area contributed by atoms with Crippen molar-refractivity contribution in [2.45, 2.75) is 6.92 Å². The quantitative estimate of drug-likeness (QED) is 0.888. The normalized spacial score (nSPS) is 10.0. The van der Waals surface area contributed by atoms with Crippen molar-refractivity contribution in [2.75, 3.05) is 5.32 Å². The Morgan fingerprint density at radius 3 is 2.65 bits per heavy atom. The highest BCUT2D eigenvalue weighted by Crippen LogP contribution is 2.17. The summed E-state index contributed by atoms with van der Waals surface area (Å²) in [7, 11) is 0. The van der Waals surface area contributed by atoms with Crippen molar-refractivity contribution in [1.82, 2.24) is 9.97 Å². The number of carbonyl (C=O) groups is 1. The van der Waals surface area contributed by atoms with E-state index in [1.807, 2.05) is 6.92 Å². The molecular weight excluding hydrogens is 238 g/mol. The lowest BCUT2D eigenvalue weighted by Gasteiger charge is -2.08. The van der Waals surface area contributed by atoms with Crippen LogP contribution in [0, 0.1) is 6.92 Å². The summed E-state index contributed by atoms with van der Waals surface area (Å²) in [5, 5.41) is 3.14. The fourth-order valence-electron chi connectivity index (χ4n) is 1.35. The minimum atomic E-state index is -0.280. The van der Waals surface area contributed by atoms with Crippen molar-refractivity contribution >= 4 is 23.2 Å². The van der Waals surface area contributed by atoms with Gasteiger partial charge in [0.25, 0.3) is 5.91 Å². The Balaban J connectivity index is 2.24. The zero-order valence-corrected chi connectivity index (χ0v) is 9.90. The third-order valence-corrected chi connectivity index (χ3v) is 2.61. The van der Waals surface area contributed by atoms with Crippen LogP contribution in [-0.4, -0.2) is 15.9 Å². The van der Waals surface area contributed by atoms with E-state index in [2.05, 4.69) is 15.3 Å². The van der Waals surface area contributed by atoms with E-state index in [1.54, 1.807) is 24.5 Å². The maximum absolute atomic E-state index is 11.9. The molecule has 1 amide bonds. The molecule has 2 aromatic rings. The molecule has 0 aliphatic rings. The van der Waals surface area contributed by atoms with Gasteiger partial charge in [-0.2, -0.15) is 0 Å². The topological polar surface area (TPSA) is 54.9 Å². The molecule has 0 aromatic carbocycles. The summed E-state index contributed by atoms with van der Waals surface area (Å²) in [4.78, 5) is 19.8. The Kier molecular flexibility index (Phi) is 3.35. The lowest BCUT2D eigenvalue weighted by atomic mass is 10.2. The summed E-state index contributed by atoms with van der Waals surface area (Å²) in [5.74, 6) is -0.280. The van der Waals surface area contributed by atoms with Crippen molar-refractivity contribution in [3.8, 4) is 0 Å². The molecule has 17 heavy (non-hydrogen) atoms. The van der Waals surface area contributed by atoms with Crippen LogP contribution in [0.4, 0.5) is 5.69 Å². The molecule has 0 bridgehead atoms. The predicted octanol–water partition coefficient (Wildman–Crippen LogP) is 2.69. The van der Waals surface area contributed by atoms with Crippen molar-refractivity contribution in [1.29, 1.82) is 0 Å². The van der Waals surface area contributed by atoms with Crippen LogP contribution in [-0.2, 0) is 0 Å². The average molecular weight is 248 g/mol. The number of rotatable bonds is 2. The van der Waals surface area contributed by atoms with Gasteiger partial charge in [-0.3, -0.25) is 14.8 Å². The van der Waals surface area contributed by atoms with Gasteiger partial charge in [-0.05, 0) is 24.6 Å². The SMILES string of the molecule is Cc1cnccc1NC(=O)c1cnccc1Cl. The second kappa shape index (κ2) is 4.93. The molecule has 0 unspecified atom stereocenters. The molecule has 0 aliphatic heterocycles. The van der Waals surface area contributed by atoms with Gasteiger partial charge in [0.15, 0.2) is 0 Å². The molecule has 0 spiro atoms. The molecule has 2 heterocycles. The number of anilines is 1. The molecule has 4 nitrogen and oxygen atoms in total. The Morgan fingerprint density at radius 1 is 1.24 bits per heavy atom. The Bertz CT molecular complexity index is 557. The van der Waals surface area contributed by atoms with Crippen molar-refractivity contribution in [3.63, 3.8) is 0 Å². The summed E-state index contributed by atoms with van der Waals surface area (Å²) in [6.07, 6.45) is 6.28. The van der Waals surface area contributed by atoms with Crippen molar-refractivity contribution < 1.29 is 4.79 Å². The van der Waals surface area contributed by atoms with Crippen LogP contribution in [0.5, 0.6) is 0 Å². The van der Waals surface area contributed by atoms with Crippen molar-refractivity contribution in [2.24, 2.45) is 0 Å². The summed E-state index contributed by atoms with van der Waals surface area (Å²) in [5.41, 5.74) is 1.95. The minimum Gasteiger partial charge on any atom is -0.322 e. The molecule has 2 aromatic heterocycles. The Labute approximate surface area is 104 Å². The maximum atomic E-state index is 11.9. The number of aryl methyl sites for hydroxylation is 1. The van der Waals surface area contributed by atoms with E-state index >= 15 is 0 Å². The summed E-state index contributed by atoms with van der Waals surface area (Å²) in [6, 6.07) is 3.31. The lowest BCUT2D eigenvalue weighted by molar-refractivity contribution is 0.102. The summed E-state index contributed by atoms with van der Waals surface area (Å²) in [6.45, 7) is 1.87. The number of hydrogen-bond donors (Lipinski definition) is 1. The molecule has 0 saturated carbocycles. The summed E-state index contributed by atoms with van der Waals surface area (Å²) < 4.78 is 0. The molecule has 2 rings (SSSR count). The highest BCUT2D eigenvalue weighted by Gasteiger charge is 2.11. The van der Waals surface area contributed by atoms with E-state index < -0.39 is 0 Å². The van der Waals surface area contributed by atoms with Gasteiger partial charge in [0, 0.05) is 30.5 Å². The number of amides is 1. The van der Waals surface area contributed by atoms with Crippen molar-refractivity contribution in [3.05, 3.63) is 53.1 Å². The van der Waals surface area contributed by atoms with Crippen LogP contribution >= 0.6 is 11.6 Å². The maximum Gasteiger partial charge on any atom is 0.258 e. The fourth-order valence-corrected chi connectivity index (χ4v) is 1.54. The van der Waals surface area contributed by atoms with Gasteiger partial charge in [0.1, 0.15) is 0 Å². The van der Waals surface area contributed by atoms with Gasteiger partial charge in [0.05, 0.1) is 10.6 Å². The van der Waals surface area contributed by atoms with E-state index in [4.69, 9.17) is 11.6 Å². The molecule has 0 atom stereocenters. The second-order valence-electron chi connectivity index (χ2n) is 3.50. The lowest BCUT2D eigenvalue weighted by Crippen LogP contribution is -2.13. The predicted molar refractivity (Wildman–Crippen MR) is 66.2 cm³/mol. The minimum absolute atomic E-state index is 0.280. The molecule has 0 saturated heterocycles. The first kappa shape index (κ1) is 11.5. The van der Waals surface area contributed by atoms with Crippen LogP contribution in [0.25, 0.3) is 0 Å². The molecular formula is C12H10ClN3O. The van der Waals surface area contributed by atoms with E-state index in [9.17, 15) is 4.79 Å². The third kappa shape index (κ3) is 2.60. The van der Waals surface area contributed by atoms with Crippen LogP contribution in [0.2, 0.25) is 5.02 Å². The first-order chi connectivity index (χ1) is 8.18. The van der Waals surface area contributed by atoms with Gasteiger partial charge >= 0.3 is 0 Å². The molecule has 0 fully saturated rings. The third-order valence-electron chi connectivity index (χ3n) is 2.28. The van der Waals surface area contributed by atoms with E-state index in [0.29, 0.717) is 16.3 Å². The number of carbonyl (C=O) groups excluding carboxylic acids is 1. The largest absolute Gasteiger partial charge is 0.322 e. The number of nitrogens with zero attached hydrogens (tertiary/aromatic N) is 2. The number of aromatic nitrogens is 2. The van der Waals surface area contributed by atoms with E-state index in [1.165, 1.54) is 12.4 Å². The highest BCUT2D eigenvalue weighted by molar-refractivity contribution is 6.34. The second-order valence-corrected chi connectivity index (χ2v) is 3.91. The first-order valence-electron chi connectivity index (χ1n) is 5.00. The van der Waals surface area contributed by atoms with Crippen LogP contribution in [0.3, 0.4) is 0 Å². The monoisotopic (exact) mass is 247 g/mol. The molecule has 0 radical (unpaired) electrons. The zero-order chi connectivity index (χ0) is 12.3. The van der Waals surface area contributed by atoms with Gasteiger partial charge in [-0.1, -0.05) is 11.6 Å². The standard InChI is InChI=1S/C12H10ClN3O/c1-8-6-14-5-3-11(8)16-12(17)9-7-15-4-2-10(9)13/h2-7H,1H3,(H,14,16,17). The summed E-state index contributed by atoms with van der Waals surface area (Å²) >= 11 is 5.91. The van der Waals surface area contributed by atoms with Gasteiger partial charge in [-0.15, -0.1) is 0 Å². The van der Waals surface area contributed by atoms with Gasteiger partial charge in [0.2, 0.25) is 0 Å². The molecule has 5 heteroatoms. The number of nitrogens with one attached hydrogen (secondary N) is 1. The molecule has 1 N–H and O–H groups in total. The highest BCUT2D eigenvalue weighted by atomic mass is 35.5. The molecule has 86 valence electrons. The van der Waals surface area contributed by atoms with Gasteiger partial charge < -0.3 is 5.32 Å². The van der Waals surface area contributed by atoms with Gasteiger partial charge in [-0.25, -0.2) is 0 Å². The van der Waals surface area contributed by atoms with E-state index in [0.717, 1.165) is 5.56 Å². The Hall–Kier alpha value is -1.94. The number of hydrogen-bond acceptors (Lipinski definition) is 3. The fraction of sp³-hybridized carbons (Fsp3) is 0.0833. The molecule has 0 aliphatic carbocycles. The number of halogens is 1. The van der Waals surface area contributed by atoms with Crippen LogP contribution < -0.4 is 5.32 Å². The smallest absolute Gasteiger partial charge is 0.258 e. The number of pyridine rings is 2. The Morgan fingerprint density at radius 2 is 1.94 bits per heavy atom. The first-order valence-corrected chi connectivity index (χ1v) is 5.38. The average Bonchev–Trinajstić information content (AvgIpc) is 2.32. The van der Waals surface area contributed by atoms with E-state index in [-0.39, 0.29) is 5.91 Å². The zero-order valence-electron chi connectivity index (χ0n) is 9.14. The van der Waals surface area contributed by atoms with Crippen LogP contribution in [0.15, 0.2) is 36.9 Å². The van der Waals surface area contributed by atoms with Crippen LogP contribution in [0.1, 0.15) is 15.9 Å².